The first kappa shape index (κ1) is 24.8. The van der Waals surface area contributed by atoms with Crippen LogP contribution >= 0.6 is 0 Å². The van der Waals surface area contributed by atoms with E-state index in [0.29, 0.717) is 25.8 Å². The lowest BCUT2D eigenvalue weighted by molar-refractivity contribution is -0.142. The summed E-state index contributed by atoms with van der Waals surface area (Å²) in [5, 5.41) is 19.9. The van der Waals surface area contributed by atoms with Gasteiger partial charge in [-0.3, -0.25) is 14.4 Å². The molecule has 166 valence electrons. The summed E-state index contributed by atoms with van der Waals surface area (Å²) < 4.78 is 0. The zero-order valence-corrected chi connectivity index (χ0v) is 17.3. The maximum atomic E-state index is 12.5. The van der Waals surface area contributed by atoms with Gasteiger partial charge in [0, 0.05) is 0 Å². The predicted molar refractivity (Wildman–Crippen MR) is 108 cm³/mol. The summed E-state index contributed by atoms with van der Waals surface area (Å²) in [6.07, 6.45) is 3.59. The smallest absolute Gasteiger partial charge is 0.326 e. The van der Waals surface area contributed by atoms with Gasteiger partial charge in [-0.25, -0.2) is 4.79 Å². The summed E-state index contributed by atoms with van der Waals surface area (Å²) in [6.45, 7) is 4.74. The Hall–Kier alpha value is -2.20. The Kier molecular flexibility index (Phi) is 11.2. The number of hydrogen-bond donors (Lipinski definition) is 6. The number of carbonyl (C=O) groups excluding carboxylic acids is 3. The van der Waals surface area contributed by atoms with Crippen LogP contribution in [0.5, 0.6) is 0 Å². The highest BCUT2D eigenvalue weighted by Gasteiger charge is 2.28. The van der Waals surface area contributed by atoms with Gasteiger partial charge in [0.25, 0.3) is 0 Å². The van der Waals surface area contributed by atoms with Crippen LogP contribution in [0, 0.1) is 5.92 Å². The molecule has 1 fully saturated rings. The van der Waals surface area contributed by atoms with Gasteiger partial charge >= 0.3 is 5.97 Å². The van der Waals surface area contributed by atoms with Gasteiger partial charge in [0.2, 0.25) is 17.7 Å². The van der Waals surface area contributed by atoms with E-state index in [9.17, 15) is 24.3 Å². The fourth-order valence-corrected chi connectivity index (χ4v) is 3.17. The third kappa shape index (κ3) is 9.71. The zero-order chi connectivity index (χ0) is 21.8. The van der Waals surface area contributed by atoms with Gasteiger partial charge in [0.15, 0.2) is 0 Å². The number of carbonyl (C=O) groups is 4. The molecule has 1 rings (SSSR count). The summed E-state index contributed by atoms with van der Waals surface area (Å²) in [5.74, 6) is -2.24. The van der Waals surface area contributed by atoms with Crippen LogP contribution in [-0.4, -0.2) is 66.6 Å². The SMILES string of the molecule is CC(C)CC(NC(=O)C1CCCN1)C(=O)NCC(=O)NC(CCCCN)C(=O)O. The number of carboxylic acid groups (broad SMARTS) is 1. The number of rotatable bonds is 13. The average Bonchev–Trinajstić information content (AvgIpc) is 3.19. The van der Waals surface area contributed by atoms with Crippen LogP contribution < -0.4 is 27.0 Å². The van der Waals surface area contributed by atoms with E-state index in [0.717, 1.165) is 19.4 Å². The molecule has 1 aliphatic rings. The third-order valence-corrected chi connectivity index (χ3v) is 4.72. The van der Waals surface area contributed by atoms with Gasteiger partial charge in [-0.05, 0) is 57.5 Å². The lowest BCUT2D eigenvalue weighted by Gasteiger charge is -2.22. The number of carboxylic acids is 1. The summed E-state index contributed by atoms with van der Waals surface area (Å²) >= 11 is 0. The number of nitrogens with two attached hydrogens (primary N) is 1. The minimum atomic E-state index is -1.13. The van der Waals surface area contributed by atoms with Gasteiger partial charge in [-0.1, -0.05) is 13.8 Å². The van der Waals surface area contributed by atoms with Crippen LogP contribution in [0.3, 0.4) is 0 Å². The Labute approximate surface area is 171 Å². The molecule has 10 heteroatoms. The molecule has 3 atom stereocenters. The van der Waals surface area contributed by atoms with E-state index < -0.39 is 29.9 Å². The van der Waals surface area contributed by atoms with E-state index in [1.54, 1.807) is 0 Å². The normalized spacial score (nSPS) is 18.1. The maximum absolute atomic E-state index is 12.5. The molecule has 1 aliphatic heterocycles. The van der Waals surface area contributed by atoms with Crippen molar-refractivity contribution in [2.45, 2.75) is 70.5 Å². The molecule has 0 saturated carbocycles. The van der Waals surface area contributed by atoms with Gasteiger partial charge in [0.1, 0.15) is 12.1 Å². The Bertz CT molecular complexity index is 563. The molecule has 0 radical (unpaired) electrons. The Morgan fingerprint density at radius 3 is 2.41 bits per heavy atom. The first-order valence-corrected chi connectivity index (χ1v) is 10.3. The van der Waals surface area contributed by atoms with Gasteiger partial charge in [-0.2, -0.15) is 0 Å². The van der Waals surface area contributed by atoms with Crippen LogP contribution in [0.4, 0.5) is 0 Å². The second-order valence-corrected chi connectivity index (χ2v) is 7.80. The predicted octanol–water partition coefficient (Wildman–Crippen LogP) is -0.916. The second-order valence-electron chi connectivity index (χ2n) is 7.80. The third-order valence-electron chi connectivity index (χ3n) is 4.72. The highest BCUT2D eigenvalue weighted by Crippen LogP contribution is 2.09. The van der Waals surface area contributed by atoms with E-state index in [2.05, 4.69) is 21.3 Å². The number of hydrogen-bond acceptors (Lipinski definition) is 6. The van der Waals surface area contributed by atoms with E-state index >= 15 is 0 Å². The molecule has 0 spiro atoms. The molecular formula is C19H35N5O5. The highest BCUT2D eigenvalue weighted by molar-refractivity contribution is 5.92. The van der Waals surface area contributed by atoms with Crippen molar-refractivity contribution < 1.29 is 24.3 Å². The van der Waals surface area contributed by atoms with Gasteiger partial charge in [-0.15, -0.1) is 0 Å². The van der Waals surface area contributed by atoms with Crippen LogP contribution in [0.1, 0.15) is 52.4 Å². The van der Waals surface area contributed by atoms with Crippen LogP contribution in [0.15, 0.2) is 0 Å². The molecule has 1 saturated heterocycles. The molecule has 29 heavy (non-hydrogen) atoms. The molecule has 0 aromatic heterocycles. The lowest BCUT2D eigenvalue weighted by atomic mass is 10.0. The van der Waals surface area contributed by atoms with Crippen molar-refractivity contribution in [3.63, 3.8) is 0 Å². The average molecular weight is 414 g/mol. The Balaban J connectivity index is 2.53. The molecule has 1 heterocycles. The summed E-state index contributed by atoms with van der Waals surface area (Å²) in [7, 11) is 0. The number of unbranched alkanes of at least 4 members (excludes halogenated alkanes) is 1. The van der Waals surface area contributed by atoms with E-state index in [4.69, 9.17) is 5.73 Å². The summed E-state index contributed by atoms with van der Waals surface area (Å²) in [5.41, 5.74) is 5.39. The van der Waals surface area contributed by atoms with E-state index in [1.807, 2.05) is 13.8 Å². The molecule has 3 amide bonds. The van der Waals surface area contributed by atoms with Crippen molar-refractivity contribution in [2.75, 3.05) is 19.6 Å². The summed E-state index contributed by atoms with van der Waals surface area (Å²) in [6, 6.07) is -2.08. The number of nitrogens with one attached hydrogen (secondary N) is 4. The molecule has 7 N–H and O–H groups in total. The van der Waals surface area contributed by atoms with Crippen molar-refractivity contribution >= 4 is 23.7 Å². The number of amides is 3. The monoisotopic (exact) mass is 413 g/mol. The van der Waals surface area contributed by atoms with Crippen molar-refractivity contribution in [2.24, 2.45) is 11.7 Å². The molecule has 0 aromatic rings. The molecule has 0 bridgehead atoms. The molecule has 0 aromatic carbocycles. The van der Waals surface area contributed by atoms with E-state index in [1.165, 1.54) is 0 Å². The Morgan fingerprint density at radius 1 is 1.14 bits per heavy atom. The maximum Gasteiger partial charge on any atom is 0.326 e. The highest BCUT2D eigenvalue weighted by atomic mass is 16.4. The van der Waals surface area contributed by atoms with Gasteiger partial charge in [0.05, 0.1) is 12.6 Å². The first-order valence-electron chi connectivity index (χ1n) is 10.3. The van der Waals surface area contributed by atoms with Gasteiger partial charge < -0.3 is 32.1 Å². The van der Waals surface area contributed by atoms with Crippen molar-refractivity contribution in [3.8, 4) is 0 Å². The second kappa shape index (κ2) is 13.1. The first-order chi connectivity index (χ1) is 13.7. The largest absolute Gasteiger partial charge is 0.480 e. The van der Waals surface area contributed by atoms with Crippen molar-refractivity contribution in [3.05, 3.63) is 0 Å². The van der Waals surface area contributed by atoms with Crippen LogP contribution in [0.25, 0.3) is 0 Å². The molecular weight excluding hydrogens is 378 g/mol. The molecule has 10 nitrogen and oxygen atoms in total. The quantitative estimate of drug-likeness (QED) is 0.213. The topological polar surface area (TPSA) is 163 Å². The fraction of sp³-hybridized carbons (Fsp3) is 0.789. The van der Waals surface area contributed by atoms with Crippen molar-refractivity contribution in [1.82, 2.24) is 21.3 Å². The molecule has 3 unspecified atom stereocenters. The molecule has 0 aliphatic carbocycles. The zero-order valence-electron chi connectivity index (χ0n) is 17.3. The summed E-state index contributed by atoms with van der Waals surface area (Å²) in [4.78, 5) is 48.1. The fourth-order valence-electron chi connectivity index (χ4n) is 3.17. The minimum Gasteiger partial charge on any atom is -0.480 e. The standard InChI is InChI=1S/C19H35N5O5/c1-12(2)10-15(24-18(27)13-7-5-9-21-13)17(26)22-11-16(25)23-14(19(28)29)6-3-4-8-20/h12-15,21H,3-11,20H2,1-2H3,(H,22,26)(H,23,25)(H,24,27)(H,28,29). The van der Waals surface area contributed by atoms with Crippen LogP contribution in [-0.2, 0) is 19.2 Å². The van der Waals surface area contributed by atoms with Crippen molar-refractivity contribution in [1.29, 1.82) is 0 Å². The minimum absolute atomic E-state index is 0.162. The lowest BCUT2D eigenvalue weighted by Crippen LogP contribution is -2.53. The van der Waals surface area contributed by atoms with Crippen LogP contribution in [0.2, 0.25) is 0 Å². The Morgan fingerprint density at radius 2 is 1.86 bits per heavy atom. The van der Waals surface area contributed by atoms with E-state index in [-0.39, 0.29) is 30.8 Å². The number of aliphatic carboxylic acids is 1.